The molecular weight excluding hydrogens is 278 g/mol. The van der Waals surface area contributed by atoms with Crippen molar-refractivity contribution < 1.29 is 9.53 Å². The highest BCUT2D eigenvalue weighted by Crippen LogP contribution is 2.24. The molecule has 0 saturated carbocycles. The van der Waals surface area contributed by atoms with E-state index in [1.165, 1.54) is 38.4 Å². The van der Waals surface area contributed by atoms with E-state index < -0.39 is 0 Å². The molecule has 0 saturated heterocycles. The van der Waals surface area contributed by atoms with Crippen molar-refractivity contribution in [3.05, 3.63) is 35.4 Å². The van der Waals surface area contributed by atoms with Crippen molar-refractivity contribution in [2.45, 2.75) is 38.6 Å². The number of ether oxygens (including phenoxy) is 1. The van der Waals surface area contributed by atoms with Gasteiger partial charge >= 0.3 is 5.97 Å². The number of rotatable bonds is 4. The van der Waals surface area contributed by atoms with Crippen LogP contribution in [0.5, 0.6) is 0 Å². The lowest BCUT2D eigenvalue weighted by Gasteiger charge is -2.13. The van der Waals surface area contributed by atoms with Crippen LogP contribution in [0, 0.1) is 0 Å². The van der Waals surface area contributed by atoms with E-state index in [9.17, 15) is 4.79 Å². The van der Waals surface area contributed by atoms with E-state index in [1.807, 2.05) is 10.6 Å². The number of fused-ring (bicyclic) bond motifs is 1. The number of nitrogens with zero attached hydrogens (tertiary/aromatic N) is 2. The number of methoxy groups -OCH3 is 1. The Balaban J connectivity index is 1.84. The summed E-state index contributed by atoms with van der Waals surface area (Å²) in [7, 11) is 1.37. The topological polar surface area (TPSA) is 70.1 Å². The maximum absolute atomic E-state index is 11.6. The Labute approximate surface area is 129 Å². The first kappa shape index (κ1) is 14.6. The van der Waals surface area contributed by atoms with E-state index >= 15 is 0 Å². The van der Waals surface area contributed by atoms with Gasteiger partial charge in [-0.25, -0.2) is 9.78 Å². The summed E-state index contributed by atoms with van der Waals surface area (Å²) >= 11 is 0. The first-order chi connectivity index (χ1) is 10.7. The lowest BCUT2D eigenvalue weighted by Crippen LogP contribution is -2.05. The van der Waals surface area contributed by atoms with Crippen LogP contribution in [0.15, 0.2) is 29.8 Å². The van der Waals surface area contributed by atoms with Crippen LogP contribution in [-0.4, -0.2) is 22.6 Å². The largest absolute Gasteiger partial charge is 0.465 e. The minimum Gasteiger partial charge on any atom is -0.465 e. The second-order valence-electron chi connectivity index (χ2n) is 5.67. The molecular formula is C17H21N3O2. The minimum absolute atomic E-state index is 0.359. The molecule has 1 aromatic heterocycles. The fourth-order valence-corrected chi connectivity index (χ4v) is 3.02. The molecule has 1 aliphatic carbocycles. The number of allylic oxidation sites excluding steroid dienone is 2. The fourth-order valence-electron chi connectivity index (χ4n) is 3.02. The molecule has 1 aromatic carbocycles. The molecule has 1 aliphatic rings. The minimum atomic E-state index is -0.359. The van der Waals surface area contributed by atoms with E-state index in [2.05, 4.69) is 11.1 Å². The molecule has 0 amide bonds. The average molecular weight is 299 g/mol. The van der Waals surface area contributed by atoms with E-state index in [0.29, 0.717) is 11.5 Å². The van der Waals surface area contributed by atoms with Crippen molar-refractivity contribution in [2.24, 2.45) is 0 Å². The number of hydrogen-bond donors (Lipinski definition) is 1. The molecule has 3 rings (SSSR count). The lowest BCUT2D eigenvalue weighted by atomic mass is 9.97. The third-order valence-electron chi connectivity index (χ3n) is 4.24. The number of nitrogens with two attached hydrogens (primary N) is 1. The Morgan fingerprint density at radius 2 is 2.27 bits per heavy atom. The molecule has 0 unspecified atom stereocenters. The van der Waals surface area contributed by atoms with Crippen molar-refractivity contribution >= 4 is 23.0 Å². The van der Waals surface area contributed by atoms with Gasteiger partial charge in [-0.2, -0.15) is 0 Å². The Kier molecular flexibility index (Phi) is 4.13. The van der Waals surface area contributed by atoms with Gasteiger partial charge in [-0.3, -0.25) is 0 Å². The van der Waals surface area contributed by atoms with Gasteiger partial charge in [0.05, 0.1) is 23.7 Å². The highest BCUT2D eigenvalue weighted by atomic mass is 16.5. The molecule has 0 fully saturated rings. The van der Waals surface area contributed by atoms with Gasteiger partial charge in [0, 0.05) is 6.54 Å². The fraction of sp³-hybridized carbons (Fsp3) is 0.412. The molecule has 2 N–H and O–H groups in total. The van der Waals surface area contributed by atoms with Gasteiger partial charge in [0.1, 0.15) is 0 Å². The summed E-state index contributed by atoms with van der Waals surface area (Å²) in [5, 5.41) is 0. The zero-order valence-corrected chi connectivity index (χ0v) is 12.8. The molecule has 2 aromatic rings. The standard InChI is InChI=1S/C17H21N3O2/c1-22-16(21)13-7-8-15-14(11-13)19-17(18)20(15)10-9-12-5-3-2-4-6-12/h5,7-8,11H,2-4,6,9-10H2,1H3,(H2,18,19). The van der Waals surface area contributed by atoms with Crippen molar-refractivity contribution in [3.8, 4) is 0 Å². The van der Waals surface area contributed by atoms with Crippen LogP contribution in [0.2, 0.25) is 0 Å². The number of benzene rings is 1. The number of aromatic nitrogens is 2. The average Bonchev–Trinajstić information content (AvgIpc) is 2.87. The molecule has 116 valence electrons. The Bertz CT molecular complexity index is 731. The van der Waals surface area contributed by atoms with Crippen LogP contribution in [0.25, 0.3) is 11.0 Å². The SMILES string of the molecule is COC(=O)c1ccc2c(c1)nc(N)n2CCC1=CCCCC1. The Hall–Kier alpha value is -2.30. The number of esters is 1. The zero-order chi connectivity index (χ0) is 15.5. The summed E-state index contributed by atoms with van der Waals surface area (Å²) in [5.74, 6) is 0.135. The second kappa shape index (κ2) is 6.22. The van der Waals surface area contributed by atoms with Gasteiger partial charge < -0.3 is 15.0 Å². The normalized spacial score (nSPS) is 14.9. The van der Waals surface area contributed by atoms with E-state index in [-0.39, 0.29) is 5.97 Å². The predicted molar refractivity (Wildman–Crippen MR) is 86.7 cm³/mol. The number of aryl methyl sites for hydroxylation is 1. The molecule has 0 spiro atoms. The van der Waals surface area contributed by atoms with Crippen LogP contribution in [0.3, 0.4) is 0 Å². The summed E-state index contributed by atoms with van der Waals surface area (Å²) in [4.78, 5) is 16.0. The summed E-state index contributed by atoms with van der Waals surface area (Å²) in [6.45, 7) is 0.825. The first-order valence-corrected chi connectivity index (χ1v) is 7.71. The maximum Gasteiger partial charge on any atom is 0.337 e. The molecule has 5 nitrogen and oxygen atoms in total. The van der Waals surface area contributed by atoms with Crippen LogP contribution in [-0.2, 0) is 11.3 Å². The van der Waals surface area contributed by atoms with Crippen LogP contribution in [0.1, 0.15) is 42.5 Å². The van der Waals surface area contributed by atoms with Crippen molar-refractivity contribution in [1.82, 2.24) is 9.55 Å². The summed E-state index contributed by atoms with van der Waals surface area (Å²) in [6, 6.07) is 5.37. The molecule has 0 atom stereocenters. The van der Waals surface area contributed by atoms with Gasteiger partial charge in [-0.15, -0.1) is 0 Å². The Morgan fingerprint density at radius 1 is 1.41 bits per heavy atom. The van der Waals surface area contributed by atoms with Crippen molar-refractivity contribution in [1.29, 1.82) is 0 Å². The number of imidazole rings is 1. The zero-order valence-electron chi connectivity index (χ0n) is 12.8. The second-order valence-corrected chi connectivity index (χ2v) is 5.67. The quantitative estimate of drug-likeness (QED) is 0.694. The monoisotopic (exact) mass is 299 g/mol. The number of carbonyl (C=O) groups excluding carboxylic acids is 1. The number of nitrogen functional groups attached to an aromatic ring is 1. The van der Waals surface area contributed by atoms with Crippen molar-refractivity contribution in [2.75, 3.05) is 12.8 Å². The highest BCUT2D eigenvalue weighted by Gasteiger charge is 2.13. The van der Waals surface area contributed by atoms with Gasteiger partial charge in [-0.1, -0.05) is 11.6 Å². The summed E-state index contributed by atoms with van der Waals surface area (Å²) < 4.78 is 6.76. The van der Waals surface area contributed by atoms with Gasteiger partial charge in [0.25, 0.3) is 0 Å². The van der Waals surface area contributed by atoms with Gasteiger partial charge in [-0.05, 0) is 50.3 Å². The number of carbonyl (C=O) groups is 1. The predicted octanol–water partition coefficient (Wildman–Crippen LogP) is 3.30. The third kappa shape index (κ3) is 2.84. The molecule has 0 radical (unpaired) electrons. The molecule has 1 heterocycles. The molecule has 5 heteroatoms. The summed E-state index contributed by atoms with van der Waals surface area (Å²) in [6.07, 6.45) is 8.34. The Morgan fingerprint density at radius 3 is 3.00 bits per heavy atom. The molecule has 0 aliphatic heterocycles. The smallest absolute Gasteiger partial charge is 0.337 e. The van der Waals surface area contributed by atoms with E-state index in [1.54, 1.807) is 12.1 Å². The van der Waals surface area contributed by atoms with Crippen LogP contribution in [0.4, 0.5) is 5.95 Å². The molecule has 0 bridgehead atoms. The lowest BCUT2D eigenvalue weighted by molar-refractivity contribution is 0.0601. The number of anilines is 1. The third-order valence-corrected chi connectivity index (χ3v) is 4.24. The summed E-state index contributed by atoms with van der Waals surface area (Å²) in [5.41, 5.74) is 9.75. The first-order valence-electron chi connectivity index (χ1n) is 7.71. The maximum atomic E-state index is 11.6. The van der Waals surface area contributed by atoms with Crippen LogP contribution >= 0.6 is 0 Å². The van der Waals surface area contributed by atoms with Gasteiger partial charge in [0.2, 0.25) is 5.95 Å². The van der Waals surface area contributed by atoms with Crippen LogP contribution < -0.4 is 5.73 Å². The number of hydrogen-bond acceptors (Lipinski definition) is 4. The van der Waals surface area contributed by atoms with E-state index in [0.717, 1.165) is 24.0 Å². The highest BCUT2D eigenvalue weighted by molar-refractivity contribution is 5.94. The van der Waals surface area contributed by atoms with Crippen molar-refractivity contribution in [3.63, 3.8) is 0 Å². The van der Waals surface area contributed by atoms with E-state index in [4.69, 9.17) is 10.5 Å². The van der Waals surface area contributed by atoms with Gasteiger partial charge in [0.15, 0.2) is 0 Å². The molecule has 22 heavy (non-hydrogen) atoms.